The number of fused-ring (bicyclic) bond motifs is 1. The standard InChI is InChI=1S/C22H24N8O2/c1-3-30-19-15(22(31)29-10-9-14(12-29)24-2)11-25-16(13-7-5-4-6-8-13)17(19)26-21(30)18-20(23)28-32-27-18/h4-8,11,14,24H,3,9-10,12H2,1-2H3,(H2,23,28). The molecular weight excluding hydrogens is 408 g/mol. The fraction of sp³-hybridized carbons (Fsp3) is 0.318. The normalized spacial score (nSPS) is 16.2. The van der Waals surface area contributed by atoms with Crippen LogP contribution in [0.3, 0.4) is 0 Å². The van der Waals surface area contributed by atoms with Gasteiger partial charge in [-0.25, -0.2) is 9.61 Å². The number of imidazole rings is 1. The second kappa shape index (κ2) is 8.04. The summed E-state index contributed by atoms with van der Waals surface area (Å²) in [6.45, 7) is 3.89. The lowest BCUT2D eigenvalue weighted by molar-refractivity contribution is 0.0791. The molecule has 10 nitrogen and oxygen atoms in total. The Labute approximate surface area is 184 Å². The lowest BCUT2D eigenvalue weighted by Gasteiger charge is -2.18. The van der Waals surface area contributed by atoms with Gasteiger partial charge in [0.1, 0.15) is 5.52 Å². The van der Waals surface area contributed by atoms with Crippen LogP contribution in [0.2, 0.25) is 0 Å². The molecule has 1 amide bonds. The van der Waals surface area contributed by atoms with Crippen LogP contribution in [0.15, 0.2) is 41.2 Å². The fourth-order valence-corrected chi connectivity index (χ4v) is 4.30. The van der Waals surface area contributed by atoms with Gasteiger partial charge in [-0.2, -0.15) is 0 Å². The van der Waals surface area contributed by atoms with Crippen molar-refractivity contribution in [2.45, 2.75) is 25.9 Å². The lowest BCUT2D eigenvalue weighted by Crippen LogP contribution is -2.33. The molecule has 5 rings (SSSR count). The number of aromatic nitrogens is 5. The van der Waals surface area contributed by atoms with E-state index in [-0.39, 0.29) is 11.7 Å². The molecule has 0 bridgehead atoms. The number of nitrogens with two attached hydrogens (primary N) is 1. The van der Waals surface area contributed by atoms with Crippen LogP contribution in [-0.2, 0) is 6.54 Å². The highest BCUT2D eigenvalue weighted by molar-refractivity contribution is 6.08. The van der Waals surface area contributed by atoms with Crippen molar-refractivity contribution < 1.29 is 9.42 Å². The van der Waals surface area contributed by atoms with Gasteiger partial charge in [-0.1, -0.05) is 30.3 Å². The van der Waals surface area contributed by atoms with Gasteiger partial charge < -0.3 is 20.5 Å². The third-order valence-corrected chi connectivity index (χ3v) is 5.97. The molecule has 3 aromatic heterocycles. The number of hydrogen-bond donors (Lipinski definition) is 2. The van der Waals surface area contributed by atoms with Gasteiger partial charge in [0.2, 0.25) is 0 Å². The number of nitrogens with zero attached hydrogens (tertiary/aromatic N) is 6. The molecule has 1 saturated heterocycles. The predicted molar refractivity (Wildman–Crippen MR) is 120 cm³/mol. The number of carbonyl (C=O) groups excluding carboxylic acids is 1. The maximum atomic E-state index is 13.5. The van der Waals surface area contributed by atoms with E-state index >= 15 is 0 Å². The average molecular weight is 432 g/mol. The Hall–Kier alpha value is -3.79. The second-order valence-corrected chi connectivity index (χ2v) is 7.79. The van der Waals surface area contributed by atoms with Crippen LogP contribution in [0, 0.1) is 0 Å². The van der Waals surface area contributed by atoms with Crippen LogP contribution in [0.1, 0.15) is 23.7 Å². The Morgan fingerprint density at radius 2 is 2.06 bits per heavy atom. The minimum Gasteiger partial charge on any atom is -0.379 e. The molecule has 1 unspecified atom stereocenters. The van der Waals surface area contributed by atoms with Crippen LogP contribution in [0.25, 0.3) is 33.8 Å². The number of benzene rings is 1. The number of likely N-dealkylation sites (N-methyl/N-ethyl adjacent to an activating group) is 1. The first-order chi connectivity index (χ1) is 15.6. The number of aryl methyl sites for hydroxylation is 1. The van der Waals surface area contributed by atoms with Crippen molar-refractivity contribution >= 4 is 22.8 Å². The second-order valence-electron chi connectivity index (χ2n) is 7.79. The zero-order chi connectivity index (χ0) is 22.2. The van der Waals surface area contributed by atoms with Crippen molar-refractivity contribution in [3.63, 3.8) is 0 Å². The summed E-state index contributed by atoms with van der Waals surface area (Å²) in [4.78, 5) is 24.9. The minimum absolute atomic E-state index is 0.0627. The van der Waals surface area contributed by atoms with Crippen LogP contribution < -0.4 is 11.1 Å². The Morgan fingerprint density at radius 1 is 1.25 bits per heavy atom. The van der Waals surface area contributed by atoms with Crippen LogP contribution in [-0.4, -0.2) is 61.8 Å². The van der Waals surface area contributed by atoms with E-state index in [0.29, 0.717) is 59.5 Å². The molecule has 0 spiro atoms. The molecule has 1 fully saturated rings. The molecule has 164 valence electrons. The van der Waals surface area contributed by atoms with Crippen molar-refractivity contribution in [3.8, 4) is 22.8 Å². The van der Waals surface area contributed by atoms with E-state index in [9.17, 15) is 4.79 Å². The van der Waals surface area contributed by atoms with Gasteiger partial charge in [0, 0.05) is 37.4 Å². The quantitative estimate of drug-likeness (QED) is 0.491. The average Bonchev–Trinajstić information content (AvgIpc) is 3.56. The van der Waals surface area contributed by atoms with E-state index in [0.717, 1.165) is 12.0 Å². The highest BCUT2D eigenvalue weighted by Crippen LogP contribution is 2.34. The molecule has 0 saturated carbocycles. The summed E-state index contributed by atoms with van der Waals surface area (Å²) in [5.74, 6) is 0.579. The van der Waals surface area contributed by atoms with Gasteiger partial charge in [0.25, 0.3) is 5.91 Å². The first-order valence-corrected chi connectivity index (χ1v) is 10.6. The summed E-state index contributed by atoms with van der Waals surface area (Å²) in [6, 6.07) is 10.1. The van der Waals surface area contributed by atoms with Gasteiger partial charge in [-0.15, -0.1) is 0 Å². The number of anilines is 1. The van der Waals surface area contributed by atoms with Crippen molar-refractivity contribution in [1.29, 1.82) is 0 Å². The smallest absolute Gasteiger partial charge is 0.257 e. The Kier molecular flexibility index (Phi) is 5.06. The third-order valence-electron chi connectivity index (χ3n) is 5.97. The number of hydrogen-bond acceptors (Lipinski definition) is 8. The van der Waals surface area contributed by atoms with E-state index < -0.39 is 0 Å². The van der Waals surface area contributed by atoms with Crippen molar-refractivity contribution in [2.75, 3.05) is 25.9 Å². The Balaban J connectivity index is 1.74. The van der Waals surface area contributed by atoms with E-state index in [1.165, 1.54) is 0 Å². The zero-order valence-corrected chi connectivity index (χ0v) is 17.9. The zero-order valence-electron chi connectivity index (χ0n) is 17.9. The number of rotatable bonds is 5. The van der Waals surface area contributed by atoms with Crippen LogP contribution in [0.5, 0.6) is 0 Å². The van der Waals surface area contributed by atoms with Crippen LogP contribution in [0.4, 0.5) is 5.82 Å². The summed E-state index contributed by atoms with van der Waals surface area (Å²) in [7, 11) is 1.92. The van der Waals surface area contributed by atoms with Gasteiger partial charge in [0.05, 0.1) is 16.8 Å². The molecule has 10 heteroatoms. The van der Waals surface area contributed by atoms with Gasteiger partial charge in [-0.05, 0) is 30.7 Å². The summed E-state index contributed by atoms with van der Waals surface area (Å²) >= 11 is 0. The van der Waals surface area contributed by atoms with Crippen molar-refractivity contribution in [1.82, 2.24) is 35.1 Å². The first kappa shape index (κ1) is 20.1. The summed E-state index contributed by atoms with van der Waals surface area (Å²) in [6.07, 6.45) is 2.57. The molecule has 4 aromatic rings. The van der Waals surface area contributed by atoms with E-state index in [1.807, 2.05) is 53.8 Å². The molecule has 32 heavy (non-hydrogen) atoms. The molecule has 1 aliphatic rings. The van der Waals surface area contributed by atoms with Gasteiger partial charge >= 0.3 is 0 Å². The van der Waals surface area contributed by atoms with E-state index in [1.54, 1.807) is 6.20 Å². The summed E-state index contributed by atoms with van der Waals surface area (Å²) < 4.78 is 6.75. The topological polar surface area (TPSA) is 128 Å². The Morgan fingerprint density at radius 3 is 2.72 bits per heavy atom. The SMILES string of the molecule is CCn1c(-c2nonc2N)nc2c(-c3ccccc3)ncc(C(=O)N3CCC(NC)C3)c21. The summed E-state index contributed by atoms with van der Waals surface area (Å²) in [5.41, 5.74) is 9.75. The molecule has 0 radical (unpaired) electrons. The highest BCUT2D eigenvalue weighted by Gasteiger charge is 2.30. The fourth-order valence-electron chi connectivity index (χ4n) is 4.30. The van der Waals surface area contributed by atoms with Crippen molar-refractivity contribution in [2.24, 2.45) is 0 Å². The first-order valence-electron chi connectivity index (χ1n) is 10.6. The Bertz CT molecular complexity index is 1280. The number of carbonyl (C=O) groups is 1. The molecular formula is C22H24N8O2. The van der Waals surface area contributed by atoms with E-state index in [4.69, 9.17) is 15.3 Å². The molecule has 1 aromatic carbocycles. The minimum atomic E-state index is -0.0627. The van der Waals surface area contributed by atoms with Crippen LogP contribution >= 0.6 is 0 Å². The number of nitrogens with one attached hydrogen (secondary N) is 1. The predicted octanol–water partition coefficient (Wildman–Crippen LogP) is 2.18. The molecule has 4 heterocycles. The number of likely N-dealkylation sites (tertiary alicyclic amines) is 1. The van der Waals surface area contributed by atoms with Gasteiger partial charge in [0.15, 0.2) is 17.3 Å². The molecule has 0 aliphatic carbocycles. The van der Waals surface area contributed by atoms with Gasteiger partial charge in [-0.3, -0.25) is 9.78 Å². The maximum absolute atomic E-state index is 13.5. The molecule has 1 atom stereocenters. The van der Waals surface area contributed by atoms with Crippen molar-refractivity contribution in [3.05, 3.63) is 42.1 Å². The monoisotopic (exact) mass is 432 g/mol. The number of nitrogen functional groups attached to an aromatic ring is 1. The molecule has 1 aliphatic heterocycles. The lowest BCUT2D eigenvalue weighted by atomic mass is 10.1. The number of amides is 1. The highest BCUT2D eigenvalue weighted by atomic mass is 16.6. The van der Waals surface area contributed by atoms with E-state index in [2.05, 4.69) is 20.6 Å². The molecule has 3 N–H and O–H groups in total. The maximum Gasteiger partial charge on any atom is 0.257 e. The summed E-state index contributed by atoms with van der Waals surface area (Å²) in [5, 5.41) is 10.9. The number of pyridine rings is 1. The largest absolute Gasteiger partial charge is 0.379 e. The third kappa shape index (κ3) is 3.19.